The molecule has 0 spiro atoms. The van der Waals surface area contributed by atoms with E-state index in [9.17, 15) is 5.11 Å². The van der Waals surface area contributed by atoms with E-state index in [1.165, 1.54) is 11.1 Å². The summed E-state index contributed by atoms with van der Waals surface area (Å²) in [6.45, 7) is 0. The van der Waals surface area contributed by atoms with E-state index < -0.39 is 0 Å². The highest BCUT2D eigenvalue weighted by Gasteiger charge is 2.32. The summed E-state index contributed by atoms with van der Waals surface area (Å²) in [6, 6.07) is 16.6. The zero-order valence-electron chi connectivity index (χ0n) is 12.0. The smallest absolute Gasteiger partial charge is 0.0729 e. The Hall–Kier alpha value is -2.13. The van der Waals surface area contributed by atoms with Crippen molar-refractivity contribution < 1.29 is 5.11 Å². The molecule has 0 bridgehead atoms. The number of para-hydroxylation sites is 1. The van der Waals surface area contributed by atoms with E-state index in [1.807, 2.05) is 29.9 Å². The molecule has 106 valence electrons. The first kappa shape index (κ1) is 12.6. The van der Waals surface area contributed by atoms with Gasteiger partial charge in [-0.15, -0.1) is 0 Å². The van der Waals surface area contributed by atoms with Gasteiger partial charge < -0.3 is 5.11 Å². The first-order chi connectivity index (χ1) is 10.2. The third kappa shape index (κ3) is 1.96. The van der Waals surface area contributed by atoms with Crippen LogP contribution in [0.3, 0.4) is 0 Å². The molecule has 1 aliphatic rings. The molecule has 2 unspecified atom stereocenters. The molecule has 3 nitrogen and oxygen atoms in total. The molecule has 1 N–H and O–H groups in total. The van der Waals surface area contributed by atoms with Gasteiger partial charge in [-0.3, -0.25) is 4.68 Å². The number of hydrogen-bond donors (Lipinski definition) is 1. The molecule has 2 aromatic carbocycles. The molecular formula is C18H18N2O. The average molecular weight is 278 g/mol. The zero-order chi connectivity index (χ0) is 14.4. The minimum absolute atomic E-state index is 0.252. The normalized spacial score (nSPS) is 18.3. The summed E-state index contributed by atoms with van der Waals surface area (Å²) in [4.78, 5) is 0. The molecule has 21 heavy (non-hydrogen) atoms. The maximum atomic E-state index is 10.6. The number of rotatable bonds is 3. The molecule has 0 amide bonds. The number of benzene rings is 2. The van der Waals surface area contributed by atoms with Gasteiger partial charge in [0.2, 0.25) is 0 Å². The van der Waals surface area contributed by atoms with Crippen molar-refractivity contribution in [1.29, 1.82) is 0 Å². The second-order valence-corrected chi connectivity index (χ2v) is 5.87. The first-order valence-electron chi connectivity index (χ1n) is 7.40. The van der Waals surface area contributed by atoms with Crippen LogP contribution in [0.1, 0.15) is 22.7 Å². The molecule has 2 atom stereocenters. The summed E-state index contributed by atoms with van der Waals surface area (Å²) >= 11 is 0. The van der Waals surface area contributed by atoms with Crippen LogP contribution in [-0.4, -0.2) is 21.0 Å². The van der Waals surface area contributed by atoms with Crippen molar-refractivity contribution in [1.82, 2.24) is 9.78 Å². The summed E-state index contributed by atoms with van der Waals surface area (Å²) in [7, 11) is 1.96. The Kier molecular flexibility index (Phi) is 2.82. The molecule has 1 heterocycles. The molecular weight excluding hydrogens is 260 g/mol. The van der Waals surface area contributed by atoms with E-state index in [0.29, 0.717) is 6.42 Å². The maximum Gasteiger partial charge on any atom is 0.0729 e. The zero-order valence-corrected chi connectivity index (χ0v) is 12.0. The highest BCUT2D eigenvalue weighted by molar-refractivity contribution is 5.81. The Morgan fingerprint density at radius 3 is 2.81 bits per heavy atom. The van der Waals surface area contributed by atoms with E-state index >= 15 is 0 Å². The second kappa shape index (κ2) is 4.71. The Bertz CT molecular complexity index is 806. The van der Waals surface area contributed by atoms with Crippen molar-refractivity contribution in [2.75, 3.05) is 0 Å². The van der Waals surface area contributed by atoms with Gasteiger partial charge in [0.1, 0.15) is 0 Å². The molecule has 0 fully saturated rings. The van der Waals surface area contributed by atoms with E-state index in [1.54, 1.807) is 0 Å². The van der Waals surface area contributed by atoms with E-state index in [0.717, 1.165) is 23.0 Å². The third-order valence-corrected chi connectivity index (χ3v) is 4.60. The predicted molar refractivity (Wildman–Crippen MR) is 83.3 cm³/mol. The minimum Gasteiger partial charge on any atom is -0.392 e. The fourth-order valence-electron chi connectivity index (χ4n) is 3.42. The quantitative estimate of drug-likeness (QED) is 0.800. The molecule has 0 radical (unpaired) electrons. The number of nitrogens with zero attached hydrogens (tertiary/aromatic N) is 2. The van der Waals surface area contributed by atoms with Gasteiger partial charge in [0.25, 0.3) is 0 Å². The summed E-state index contributed by atoms with van der Waals surface area (Å²) in [5, 5.41) is 16.3. The van der Waals surface area contributed by atoms with Crippen LogP contribution in [0.25, 0.3) is 10.9 Å². The lowest BCUT2D eigenvalue weighted by molar-refractivity contribution is 0.132. The lowest BCUT2D eigenvalue weighted by Gasteiger charge is -2.33. The van der Waals surface area contributed by atoms with Gasteiger partial charge in [0, 0.05) is 24.8 Å². The standard InChI is InChI=1S/C18H18N2O/c1-20-17-9-5-4-8-14(17)16(19-20)11-18(21)15-10-12-6-2-3-7-13(12)15/h2-9,15,18,21H,10-11H2,1H3. The van der Waals surface area contributed by atoms with Gasteiger partial charge in [-0.2, -0.15) is 5.10 Å². The van der Waals surface area contributed by atoms with E-state index in [4.69, 9.17) is 0 Å². The van der Waals surface area contributed by atoms with Gasteiger partial charge in [-0.25, -0.2) is 0 Å². The highest BCUT2D eigenvalue weighted by Crippen LogP contribution is 2.38. The lowest BCUT2D eigenvalue weighted by Crippen LogP contribution is -2.30. The minimum atomic E-state index is -0.363. The summed E-state index contributed by atoms with van der Waals surface area (Å²) in [6.07, 6.45) is 1.22. The van der Waals surface area contributed by atoms with Crippen molar-refractivity contribution in [3.05, 3.63) is 65.4 Å². The van der Waals surface area contributed by atoms with Crippen LogP contribution in [0.2, 0.25) is 0 Å². The summed E-state index contributed by atoms with van der Waals surface area (Å²) < 4.78 is 1.89. The van der Waals surface area contributed by atoms with E-state index in [2.05, 4.69) is 35.4 Å². The van der Waals surface area contributed by atoms with Crippen LogP contribution in [0, 0.1) is 0 Å². The largest absolute Gasteiger partial charge is 0.392 e. The molecule has 0 saturated heterocycles. The van der Waals surface area contributed by atoms with Gasteiger partial charge in [-0.1, -0.05) is 42.5 Å². The average Bonchev–Trinajstić information content (AvgIpc) is 2.77. The number of aliphatic hydroxyl groups excluding tert-OH is 1. The van der Waals surface area contributed by atoms with Crippen LogP contribution in [0.4, 0.5) is 0 Å². The number of aromatic nitrogens is 2. The maximum absolute atomic E-state index is 10.6. The molecule has 1 aromatic heterocycles. The Balaban J connectivity index is 1.61. The van der Waals surface area contributed by atoms with Crippen molar-refractivity contribution in [3.8, 4) is 0 Å². The van der Waals surface area contributed by atoms with Crippen molar-refractivity contribution >= 4 is 10.9 Å². The van der Waals surface area contributed by atoms with E-state index in [-0.39, 0.29) is 12.0 Å². The molecule has 0 aliphatic heterocycles. The van der Waals surface area contributed by atoms with Gasteiger partial charge in [-0.05, 0) is 23.6 Å². The summed E-state index contributed by atoms with van der Waals surface area (Å²) in [5.41, 5.74) is 4.77. The lowest BCUT2D eigenvalue weighted by atomic mass is 9.73. The Morgan fingerprint density at radius 2 is 1.95 bits per heavy atom. The molecule has 4 rings (SSSR count). The fourth-order valence-corrected chi connectivity index (χ4v) is 3.42. The third-order valence-electron chi connectivity index (χ3n) is 4.60. The van der Waals surface area contributed by atoms with Crippen LogP contribution in [-0.2, 0) is 19.9 Å². The molecule has 3 aromatic rings. The molecule has 1 aliphatic carbocycles. The number of fused-ring (bicyclic) bond motifs is 2. The van der Waals surface area contributed by atoms with Crippen LogP contribution in [0.15, 0.2) is 48.5 Å². The monoisotopic (exact) mass is 278 g/mol. The van der Waals surface area contributed by atoms with Crippen molar-refractivity contribution in [3.63, 3.8) is 0 Å². The van der Waals surface area contributed by atoms with Gasteiger partial charge in [0.05, 0.1) is 17.3 Å². The van der Waals surface area contributed by atoms with Crippen LogP contribution >= 0.6 is 0 Å². The Morgan fingerprint density at radius 1 is 1.19 bits per heavy atom. The van der Waals surface area contributed by atoms with Crippen LogP contribution in [0.5, 0.6) is 0 Å². The van der Waals surface area contributed by atoms with Crippen LogP contribution < -0.4 is 0 Å². The fraction of sp³-hybridized carbons (Fsp3) is 0.278. The van der Waals surface area contributed by atoms with Crippen molar-refractivity contribution in [2.45, 2.75) is 24.9 Å². The summed E-state index contributed by atoms with van der Waals surface area (Å²) in [5.74, 6) is 0.252. The first-order valence-corrected chi connectivity index (χ1v) is 7.40. The van der Waals surface area contributed by atoms with Gasteiger partial charge in [0.15, 0.2) is 0 Å². The molecule has 0 saturated carbocycles. The highest BCUT2D eigenvalue weighted by atomic mass is 16.3. The van der Waals surface area contributed by atoms with Crippen molar-refractivity contribution in [2.24, 2.45) is 7.05 Å². The Labute approximate surface area is 123 Å². The predicted octanol–water partition coefficient (Wildman–Crippen LogP) is 2.82. The second-order valence-electron chi connectivity index (χ2n) is 5.87. The topological polar surface area (TPSA) is 38.0 Å². The molecule has 3 heteroatoms. The number of aryl methyl sites for hydroxylation is 1. The van der Waals surface area contributed by atoms with Gasteiger partial charge >= 0.3 is 0 Å². The SMILES string of the molecule is Cn1nc(CC(O)C2Cc3ccccc32)c2ccccc21. The number of aliphatic hydroxyl groups is 1. The number of hydrogen-bond acceptors (Lipinski definition) is 2.